The molecular weight excluding hydrogens is 148 g/mol. The van der Waals surface area contributed by atoms with Crippen LogP contribution in [0.2, 0.25) is 0 Å². The predicted octanol–water partition coefficient (Wildman–Crippen LogP) is -1.11. The van der Waals surface area contributed by atoms with E-state index in [9.17, 15) is 4.79 Å². The van der Waals surface area contributed by atoms with Gasteiger partial charge in [-0.3, -0.25) is 4.79 Å². The SMILES string of the molecule is NCCOC=C[C@H](N)C(=O)O. The zero-order valence-electron chi connectivity index (χ0n) is 6.06. The van der Waals surface area contributed by atoms with Crippen molar-refractivity contribution >= 4 is 5.97 Å². The molecule has 0 heterocycles. The van der Waals surface area contributed by atoms with E-state index in [-0.39, 0.29) is 0 Å². The van der Waals surface area contributed by atoms with Crippen molar-refractivity contribution in [3.63, 3.8) is 0 Å². The second kappa shape index (κ2) is 5.70. The molecule has 5 N–H and O–H groups in total. The Labute approximate surface area is 64.6 Å². The van der Waals surface area contributed by atoms with Gasteiger partial charge in [0.2, 0.25) is 0 Å². The number of nitrogens with two attached hydrogens (primary N) is 2. The van der Waals surface area contributed by atoms with Crippen LogP contribution in [0.25, 0.3) is 0 Å². The first-order valence-electron chi connectivity index (χ1n) is 3.15. The molecule has 0 aliphatic heterocycles. The molecule has 64 valence electrons. The molecule has 5 heteroatoms. The maximum absolute atomic E-state index is 10.1. The summed E-state index contributed by atoms with van der Waals surface area (Å²) < 4.78 is 4.75. The molecule has 0 fully saturated rings. The maximum Gasteiger partial charge on any atom is 0.324 e. The number of carbonyl (C=O) groups is 1. The lowest BCUT2D eigenvalue weighted by atomic mass is 10.3. The Morgan fingerprint density at radius 1 is 1.73 bits per heavy atom. The Hall–Kier alpha value is -1.07. The van der Waals surface area contributed by atoms with Gasteiger partial charge in [0.15, 0.2) is 0 Å². The molecule has 0 bridgehead atoms. The average molecular weight is 160 g/mol. The fraction of sp³-hybridized carbons (Fsp3) is 0.500. The Kier molecular flexibility index (Phi) is 5.14. The highest BCUT2D eigenvalue weighted by molar-refractivity contribution is 5.75. The van der Waals surface area contributed by atoms with Crippen LogP contribution in [0.1, 0.15) is 0 Å². The van der Waals surface area contributed by atoms with Crippen LogP contribution in [0.15, 0.2) is 12.3 Å². The third-order valence-electron chi connectivity index (χ3n) is 0.903. The maximum atomic E-state index is 10.1. The average Bonchev–Trinajstić information content (AvgIpc) is 1.97. The van der Waals surface area contributed by atoms with E-state index in [1.54, 1.807) is 0 Å². The Bertz CT molecular complexity index is 147. The fourth-order valence-corrected chi connectivity index (χ4v) is 0.359. The molecule has 0 rings (SSSR count). The molecule has 11 heavy (non-hydrogen) atoms. The second-order valence-corrected chi connectivity index (χ2v) is 1.85. The molecule has 0 aromatic carbocycles. The Morgan fingerprint density at radius 3 is 2.82 bits per heavy atom. The zero-order chi connectivity index (χ0) is 8.69. The summed E-state index contributed by atoms with van der Waals surface area (Å²) >= 11 is 0. The van der Waals surface area contributed by atoms with Crippen LogP contribution >= 0.6 is 0 Å². The molecule has 0 amide bonds. The summed E-state index contributed by atoms with van der Waals surface area (Å²) in [4.78, 5) is 10.1. The van der Waals surface area contributed by atoms with Crippen molar-refractivity contribution in [2.75, 3.05) is 13.2 Å². The normalized spacial score (nSPS) is 13.3. The number of aliphatic carboxylic acids is 1. The van der Waals surface area contributed by atoms with Crippen LogP contribution in [-0.2, 0) is 9.53 Å². The van der Waals surface area contributed by atoms with Crippen molar-refractivity contribution in [1.29, 1.82) is 0 Å². The first-order valence-corrected chi connectivity index (χ1v) is 3.15. The van der Waals surface area contributed by atoms with Gasteiger partial charge in [0.1, 0.15) is 6.04 Å². The van der Waals surface area contributed by atoms with Crippen LogP contribution in [0.3, 0.4) is 0 Å². The molecule has 0 aliphatic rings. The van der Waals surface area contributed by atoms with Gasteiger partial charge >= 0.3 is 5.97 Å². The van der Waals surface area contributed by atoms with Gasteiger partial charge in [-0.25, -0.2) is 0 Å². The highest BCUT2D eigenvalue weighted by atomic mass is 16.5. The van der Waals surface area contributed by atoms with E-state index in [1.807, 2.05) is 0 Å². The first kappa shape index (κ1) is 9.93. The van der Waals surface area contributed by atoms with Gasteiger partial charge in [-0.2, -0.15) is 0 Å². The predicted molar refractivity (Wildman–Crippen MR) is 39.8 cm³/mol. The van der Waals surface area contributed by atoms with E-state index in [1.165, 1.54) is 12.3 Å². The highest BCUT2D eigenvalue weighted by Gasteiger charge is 2.05. The van der Waals surface area contributed by atoms with Gasteiger partial charge in [0.05, 0.1) is 12.9 Å². The van der Waals surface area contributed by atoms with Crippen LogP contribution < -0.4 is 11.5 Å². The lowest BCUT2D eigenvalue weighted by Crippen LogP contribution is -2.27. The first-order chi connectivity index (χ1) is 5.18. The minimum atomic E-state index is -1.09. The summed E-state index contributed by atoms with van der Waals surface area (Å²) in [6.07, 6.45) is 2.49. The van der Waals surface area contributed by atoms with Crippen LogP contribution in [-0.4, -0.2) is 30.3 Å². The fourth-order valence-electron chi connectivity index (χ4n) is 0.359. The van der Waals surface area contributed by atoms with Crippen LogP contribution in [0.4, 0.5) is 0 Å². The number of rotatable bonds is 5. The molecule has 0 aromatic heterocycles. The lowest BCUT2D eigenvalue weighted by molar-refractivity contribution is -0.137. The minimum absolute atomic E-state index is 0.364. The van der Waals surface area contributed by atoms with E-state index in [0.717, 1.165) is 0 Å². The van der Waals surface area contributed by atoms with E-state index < -0.39 is 12.0 Å². The number of hydrogen-bond acceptors (Lipinski definition) is 4. The third kappa shape index (κ3) is 5.38. The number of carboxylic acid groups (broad SMARTS) is 1. The van der Waals surface area contributed by atoms with E-state index in [4.69, 9.17) is 21.3 Å². The van der Waals surface area contributed by atoms with Crippen LogP contribution in [0, 0.1) is 0 Å². The number of hydrogen-bond donors (Lipinski definition) is 3. The summed E-state index contributed by atoms with van der Waals surface area (Å²) in [5, 5.41) is 8.28. The quantitative estimate of drug-likeness (QED) is 0.350. The molecule has 0 saturated heterocycles. The second-order valence-electron chi connectivity index (χ2n) is 1.85. The van der Waals surface area contributed by atoms with E-state index in [0.29, 0.717) is 13.2 Å². The zero-order valence-corrected chi connectivity index (χ0v) is 6.06. The molecule has 5 nitrogen and oxygen atoms in total. The summed E-state index contributed by atoms with van der Waals surface area (Å²) in [6.45, 7) is 0.759. The van der Waals surface area contributed by atoms with Crippen molar-refractivity contribution in [3.8, 4) is 0 Å². The summed E-state index contributed by atoms with van der Waals surface area (Å²) in [7, 11) is 0. The summed E-state index contributed by atoms with van der Waals surface area (Å²) in [5.41, 5.74) is 10.2. The van der Waals surface area contributed by atoms with Crippen molar-refractivity contribution in [1.82, 2.24) is 0 Å². The van der Waals surface area contributed by atoms with E-state index in [2.05, 4.69) is 0 Å². The molecule has 0 saturated carbocycles. The van der Waals surface area contributed by atoms with Crippen LogP contribution in [0.5, 0.6) is 0 Å². The van der Waals surface area contributed by atoms with Crippen molar-refractivity contribution in [3.05, 3.63) is 12.3 Å². The van der Waals surface area contributed by atoms with Gasteiger partial charge in [-0.1, -0.05) is 0 Å². The molecule has 1 atom stereocenters. The lowest BCUT2D eigenvalue weighted by Gasteiger charge is -1.98. The van der Waals surface area contributed by atoms with E-state index >= 15 is 0 Å². The molecule has 0 unspecified atom stereocenters. The van der Waals surface area contributed by atoms with Crippen molar-refractivity contribution < 1.29 is 14.6 Å². The molecule has 0 aromatic rings. The third-order valence-corrected chi connectivity index (χ3v) is 0.903. The standard InChI is InChI=1S/C6H12N2O3/c7-2-4-11-3-1-5(8)6(9)10/h1,3,5H,2,4,7-8H2,(H,9,10)/t5-/m0/s1. The highest BCUT2D eigenvalue weighted by Crippen LogP contribution is 1.83. The van der Waals surface area contributed by atoms with Crippen molar-refractivity contribution in [2.24, 2.45) is 11.5 Å². The number of ether oxygens (including phenoxy) is 1. The number of carboxylic acids is 1. The minimum Gasteiger partial charge on any atom is -0.500 e. The largest absolute Gasteiger partial charge is 0.500 e. The summed E-state index contributed by atoms with van der Waals surface area (Å²) in [6, 6.07) is -1.01. The van der Waals surface area contributed by atoms with Crippen molar-refractivity contribution in [2.45, 2.75) is 6.04 Å². The molecule has 0 radical (unpaired) electrons. The molecule has 0 spiro atoms. The molecule has 0 aliphatic carbocycles. The monoisotopic (exact) mass is 160 g/mol. The van der Waals surface area contributed by atoms with Gasteiger partial charge < -0.3 is 21.3 Å². The topological polar surface area (TPSA) is 98.6 Å². The van der Waals surface area contributed by atoms with Gasteiger partial charge in [0.25, 0.3) is 0 Å². The Morgan fingerprint density at radius 2 is 2.36 bits per heavy atom. The van der Waals surface area contributed by atoms with Gasteiger partial charge in [0, 0.05) is 6.54 Å². The Balaban J connectivity index is 3.48. The summed E-state index contributed by atoms with van der Waals surface area (Å²) in [5.74, 6) is -1.09. The molecular formula is C6H12N2O3. The van der Waals surface area contributed by atoms with Gasteiger partial charge in [-0.05, 0) is 6.08 Å². The smallest absolute Gasteiger partial charge is 0.324 e. The van der Waals surface area contributed by atoms with Gasteiger partial charge in [-0.15, -0.1) is 0 Å².